The third kappa shape index (κ3) is 3.81. The lowest BCUT2D eigenvalue weighted by Gasteiger charge is -2.20. The molecule has 138 valence electrons. The number of hydrogen-bond acceptors (Lipinski definition) is 7. The highest BCUT2D eigenvalue weighted by Gasteiger charge is 2.26. The Kier molecular flexibility index (Phi) is 5.08. The van der Waals surface area contributed by atoms with Crippen LogP contribution in [0.15, 0.2) is 47.2 Å². The first kappa shape index (κ1) is 17.6. The minimum absolute atomic E-state index is 0.0443. The number of thiazole rings is 1. The maximum absolute atomic E-state index is 12.9. The first-order chi connectivity index (χ1) is 13.2. The van der Waals surface area contributed by atoms with Gasteiger partial charge in [-0.25, -0.2) is 4.98 Å². The van der Waals surface area contributed by atoms with Crippen molar-refractivity contribution >= 4 is 28.2 Å². The molecule has 0 atom stereocenters. The van der Waals surface area contributed by atoms with Crippen LogP contribution in [-0.4, -0.2) is 34.7 Å². The molecule has 27 heavy (non-hydrogen) atoms. The monoisotopic (exact) mass is 382 g/mol. The topological polar surface area (TPSA) is 97.1 Å². The van der Waals surface area contributed by atoms with Gasteiger partial charge >= 0.3 is 0 Å². The number of nitrogens with zero attached hydrogens (tertiary/aromatic N) is 2. The predicted octanol–water partition coefficient (Wildman–Crippen LogP) is 2.97. The number of carbonyl (C=O) groups excluding carboxylic acids is 2. The number of anilines is 1. The van der Waals surface area contributed by atoms with E-state index >= 15 is 0 Å². The Labute approximate surface area is 159 Å². The molecule has 1 amide bonds. The van der Waals surface area contributed by atoms with E-state index in [1.807, 2.05) is 0 Å². The average Bonchev–Trinajstić information content (AvgIpc) is 3.38. The van der Waals surface area contributed by atoms with Crippen LogP contribution in [0.2, 0.25) is 0 Å². The van der Waals surface area contributed by atoms with Crippen molar-refractivity contribution in [2.24, 2.45) is 5.92 Å². The minimum atomic E-state index is -0.248. The summed E-state index contributed by atoms with van der Waals surface area (Å²) in [6.45, 7) is 1.66. The molecule has 4 rings (SSSR count). The second-order valence-electron chi connectivity index (χ2n) is 6.23. The molecule has 0 aliphatic carbocycles. The highest BCUT2D eigenvalue weighted by Crippen LogP contribution is 2.33. The van der Waals surface area contributed by atoms with E-state index in [0.717, 1.165) is 37.3 Å². The molecule has 0 aromatic carbocycles. The van der Waals surface area contributed by atoms with E-state index in [1.165, 1.54) is 6.26 Å². The van der Waals surface area contributed by atoms with Crippen LogP contribution in [0.3, 0.4) is 0 Å². The number of amides is 1. The zero-order valence-corrected chi connectivity index (χ0v) is 15.3. The summed E-state index contributed by atoms with van der Waals surface area (Å²) < 4.78 is 5.43. The maximum atomic E-state index is 12.9. The molecule has 0 spiro atoms. The van der Waals surface area contributed by atoms with E-state index in [0.29, 0.717) is 27.2 Å². The van der Waals surface area contributed by atoms with Gasteiger partial charge in [0.15, 0.2) is 10.9 Å². The third-order valence-corrected chi connectivity index (χ3v) is 5.40. The quantitative estimate of drug-likeness (QED) is 0.659. The van der Waals surface area contributed by atoms with Crippen LogP contribution in [-0.2, 0) is 4.79 Å². The summed E-state index contributed by atoms with van der Waals surface area (Å²) in [5.41, 5.74) is 0.742. The number of carbonyl (C=O) groups is 2. The van der Waals surface area contributed by atoms with Gasteiger partial charge in [0.1, 0.15) is 16.3 Å². The number of hydrogen-bond donors (Lipinski definition) is 2. The maximum Gasteiger partial charge on any atom is 0.229 e. The lowest BCUT2D eigenvalue weighted by Crippen LogP contribution is -2.34. The first-order valence-corrected chi connectivity index (χ1v) is 9.56. The van der Waals surface area contributed by atoms with Crippen LogP contribution in [0, 0.1) is 5.92 Å². The molecule has 1 saturated heterocycles. The fourth-order valence-electron chi connectivity index (χ4n) is 3.01. The Hall–Kier alpha value is -2.84. The van der Waals surface area contributed by atoms with Crippen molar-refractivity contribution in [1.29, 1.82) is 0 Å². The van der Waals surface area contributed by atoms with E-state index in [-0.39, 0.29) is 17.6 Å². The largest absolute Gasteiger partial charge is 0.463 e. The summed E-state index contributed by atoms with van der Waals surface area (Å²) in [6, 6.07) is 8.64. The van der Waals surface area contributed by atoms with Crippen molar-refractivity contribution < 1.29 is 14.0 Å². The zero-order valence-electron chi connectivity index (χ0n) is 14.5. The molecular weight excluding hydrogens is 364 g/mol. The molecule has 0 radical (unpaired) electrons. The fraction of sp³-hybridized carbons (Fsp3) is 0.263. The lowest BCUT2D eigenvalue weighted by atomic mass is 9.97. The van der Waals surface area contributed by atoms with E-state index < -0.39 is 0 Å². The Bertz CT molecular complexity index is 931. The molecule has 0 unspecified atom stereocenters. The standard InChI is InChI=1S/C19H18N4O3S/c24-16(13-4-1-2-8-21-13)17-15(14-5-3-11-26-14)22-19(27-17)23-18(25)12-6-9-20-10-7-12/h1-5,8,11-12,20H,6-7,9-10H2,(H,22,23,25). The fourth-order valence-corrected chi connectivity index (χ4v) is 3.93. The zero-order chi connectivity index (χ0) is 18.6. The van der Waals surface area contributed by atoms with Gasteiger partial charge in [0.05, 0.1) is 6.26 Å². The van der Waals surface area contributed by atoms with Crippen LogP contribution in [0.25, 0.3) is 11.5 Å². The number of rotatable bonds is 5. The SMILES string of the molecule is O=C(c1ccccn1)c1sc(NC(=O)C2CCNCC2)nc1-c1ccco1. The van der Waals surface area contributed by atoms with Gasteiger partial charge in [-0.2, -0.15) is 0 Å². The van der Waals surface area contributed by atoms with Crippen LogP contribution in [0.1, 0.15) is 28.2 Å². The molecule has 4 heterocycles. The van der Waals surface area contributed by atoms with Crippen molar-refractivity contribution in [3.63, 3.8) is 0 Å². The summed E-state index contributed by atoms with van der Waals surface area (Å²) in [4.78, 5) is 34.4. The Morgan fingerprint density at radius 3 is 2.74 bits per heavy atom. The lowest BCUT2D eigenvalue weighted by molar-refractivity contribution is -0.120. The average molecular weight is 382 g/mol. The van der Waals surface area contributed by atoms with Gasteiger partial charge in [-0.1, -0.05) is 17.4 Å². The normalized spacial score (nSPS) is 14.8. The van der Waals surface area contributed by atoms with Crippen LogP contribution < -0.4 is 10.6 Å². The molecule has 8 heteroatoms. The highest BCUT2D eigenvalue weighted by atomic mass is 32.1. The molecule has 0 saturated carbocycles. The van der Waals surface area contributed by atoms with Crippen LogP contribution >= 0.6 is 11.3 Å². The number of piperidine rings is 1. The Morgan fingerprint density at radius 1 is 1.19 bits per heavy atom. The van der Waals surface area contributed by atoms with Crippen molar-refractivity contribution in [1.82, 2.24) is 15.3 Å². The smallest absolute Gasteiger partial charge is 0.229 e. The third-order valence-electron chi connectivity index (χ3n) is 4.43. The van der Waals surface area contributed by atoms with Crippen molar-refractivity contribution in [2.45, 2.75) is 12.8 Å². The van der Waals surface area contributed by atoms with Gasteiger partial charge in [-0.3, -0.25) is 14.6 Å². The van der Waals surface area contributed by atoms with Gasteiger partial charge in [0.25, 0.3) is 0 Å². The van der Waals surface area contributed by atoms with Gasteiger partial charge in [-0.15, -0.1) is 0 Å². The van der Waals surface area contributed by atoms with Crippen LogP contribution in [0.4, 0.5) is 5.13 Å². The van der Waals surface area contributed by atoms with E-state index in [1.54, 1.807) is 36.5 Å². The van der Waals surface area contributed by atoms with Gasteiger partial charge in [0.2, 0.25) is 11.7 Å². The second kappa shape index (κ2) is 7.81. The number of aromatic nitrogens is 2. The van der Waals surface area contributed by atoms with Crippen molar-refractivity contribution in [2.75, 3.05) is 18.4 Å². The highest BCUT2D eigenvalue weighted by molar-refractivity contribution is 7.18. The second-order valence-corrected chi connectivity index (χ2v) is 7.23. The molecule has 3 aromatic rings. The number of nitrogens with one attached hydrogen (secondary N) is 2. The van der Waals surface area contributed by atoms with Crippen molar-refractivity contribution in [3.05, 3.63) is 53.4 Å². The van der Waals surface area contributed by atoms with E-state index in [2.05, 4.69) is 20.6 Å². The molecule has 1 aliphatic rings. The number of ketones is 1. The van der Waals surface area contributed by atoms with E-state index in [9.17, 15) is 9.59 Å². The molecule has 7 nitrogen and oxygen atoms in total. The summed E-state index contributed by atoms with van der Waals surface area (Å²) in [6.07, 6.45) is 4.68. The van der Waals surface area contributed by atoms with E-state index in [4.69, 9.17) is 4.42 Å². The number of furan rings is 1. The van der Waals surface area contributed by atoms with Gasteiger partial charge in [-0.05, 0) is 50.2 Å². The Morgan fingerprint density at radius 2 is 2.04 bits per heavy atom. The summed E-state index contributed by atoms with van der Waals surface area (Å²) >= 11 is 1.14. The van der Waals surface area contributed by atoms with Gasteiger partial charge < -0.3 is 15.1 Å². The van der Waals surface area contributed by atoms with Gasteiger partial charge in [0, 0.05) is 12.1 Å². The molecule has 1 aliphatic heterocycles. The minimum Gasteiger partial charge on any atom is -0.463 e. The molecular formula is C19H18N4O3S. The molecule has 0 bridgehead atoms. The molecule has 2 N–H and O–H groups in total. The molecule has 1 fully saturated rings. The molecule has 3 aromatic heterocycles. The summed E-state index contributed by atoms with van der Waals surface area (Å²) in [5.74, 6) is 0.125. The first-order valence-electron chi connectivity index (χ1n) is 8.74. The summed E-state index contributed by atoms with van der Waals surface area (Å²) in [7, 11) is 0. The van der Waals surface area contributed by atoms with Crippen LogP contribution in [0.5, 0.6) is 0 Å². The van der Waals surface area contributed by atoms with Crippen molar-refractivity contribution in [3.8, 4) is 11.5 Å². The summed E-state index contributed by atoms with van der Waals surface area (Å²) in [5, 5.41) is 6.50. The Balaban J connectivity index is 1.64. The predicted molar refractivity (Wildman–Crippen MR) is 102 cm³/mol. The number of pyridine rings is 1.